The van der Waals surface area contributed by atoms with Gasteiger partial charge in [-0.25, -0.2) is 0 Å². The standard InChI is InChI=1S/C14H26N2O2.ClH/c1-10(2)12(17)14(5-6-14)9-16-13(18)11-3-7-15-8-4-11;/h10-12,15,17H,3-9H2,1-2H3,(H,16,18);1H. The second-order valence-corrected chi connectivity index (χ2v) is 6.29. The van der Waals surface area contributed by atoms with Crippen molar-refractivity contribution in [2.75, 3.05) is 19.6 Å². The second kappa shape index (κ2) is 6.91. The van der Waals surface area contributed by atoms with Gasteiger partial charge in [0.15, 0.2) is 0 Å². The molecule has 0 aromatic heterocycles. The van der Waals surface area contributed by atoms with E-state index in [1.165, 1.54) is 0 Å². The summed E-state index contributed by atoms with van der Waals surface area (Å²) >= 11 is 0. The summed E-state index contributed by atoms with van der Waals surface area (Å²) in [5.41, 5.74) is -0.0310. The molecule has 1 amide bonds. The van der Waals surface area contributed by atoms with Gasteiger partial charge >= 0.3 is 0 Å². The first-order chi connectivity index (χ1) is 8.55. The Kier molecular flexibility index (Phi) is 6.09. The zero-order valence-corrected chi connectivity index (χ0v) is 12.8. The van der Waals surface area contributed by atoms with E-state index in [-0.39, 0.29) is 41.7 Å². The van der Waals surface area contributed by atoms with Crippen LogP contribution in [0.5, 0.6) is 0 Å². The number of aliphatic hydroxyl groups excluding tert-OH is 1. The van der Waals surface area contributed by atoms with Crippen LogP contribution in [0.3, 0.4) is 0 Å². The number of carbonyl (C=O) groups is 1. The van der Waals surface area contributed by atoms with E-state index < -0.39 is 0 Å². The van der Waals surface area contributed by atoms with E-state index in [2.05, 4.69) is 10.6 Å². The van der Waals surface area contributed by atoms with Crippen molar-refractivity contribution in [2.45, 2.75) is 45.6 Å². The highest BCUT2D eigenvalue weighted by Crippen LogP contribution is 2.50. The molecule has 2 fully saturated rings. The van der Waals surface area contributed by atoms with Crippen molar-refractivity contribution in [3.05, 3.63) is 0 Å². The minimum atomic E-state index is -0.286. The average molecular weight is 291 g/mol. The van der Waals surface area contributed by atoms with E-state index in [0.29, 0.717) is 6.54 Å². The molecule has 4 nitrogen and oxygen atoms in total. The number of hydrogen-bond donors (Lipinski definition) is 3. The fourth-order valence-corrected chi connectivity index (χ4v) is 2.94. The number of piperidine rings is 1. The van der Waals surface area contributed by atoms with Crippen molar-refractivity contribution in [2.24, 2.45) is 17.3 Å². The highest BCUT2D eigenvalue weighted by atomic mass is 35.5. The highest BCUT2D eigenvalue weighted by Gasteiger charge is 2.49. The van der Waals surface area contributed by atoms with Crippen LogP contribution in [0, 0.1) is 17.3 Å². The van der Waals surface area contributed by atoms with Gasteiger partial charge in [-0.15, -0.1) is 12.4 Å². The first kappa shape index (κ1) is 16.7. The van der Waals surface area contributed by atoms with Gasteiger partial charge < -0.3 is 15.7 Å². The fraction of sp³-hybridized carbons (Fsp3) is 0.929. The predicted molar refractivity (Wildman–Crippen MR) is 78.4 cm³/mol. The summed E-state index contributed by atoms with van der Waals surface area (Å²) in [7, 11) is 0. The summed E-state index contributed by atoms with van der Waals surface area (Å²) in [5, 5.41) is 16.5. The van der Waals surface area contributed by atoms with Gasteiger partial charge in [0.1, 0.15) is 0 Å². The molecule has 2 aliphatic rings. The Balaban J connectivity index is 0.00000180. The molecule has 19 heavy (non-hydrogen) atoms. The Labute approximate surface area is 122 Å². The molecule has 1 heterocycles. The number of hydrogen-bond acceptors (Lipinski definition) is 3. The normalized spacial score (nSPS) is 23.6. The predicted octanol–water partition coefficient (Wildman–Crippen LogP) is 1.32. The van der Waals surface area contributed by atoms with Crippen LogP contribution < -0.4 is 10.6 Å². The zero-order valence-electron chi connectivity index (χ0n) is 11.9. The molecule has 1 saturated heterocycles. The van der Waals surface area contributed by atoms with E-state index in [1.807, 2.05) is 13.8 Å². The monoisotopic (exact) mass is 290 g/mol. The first-order valence-corrected chi connectivity index (χ1v) is 7.22. The number of aliphatic hydroxyl groups is 1. The molecule has 0 aromatic rings. The molecule has 0 bridgehead atoms. The third-order valence-electron chi connectivity index (χ3n) is 4.48. The van der Waals surface area contributed by atoms with Gasteiger partial charge in [-0.05, 0) is 44.7 Å². The van der Waals surface area contributed by atoms with Crippen LogP contribution in [0.25, 0.3) is 0 Å². The van der Waals surface area contributed by atoms with E-state index in [9.17, 15) is 9.90 Å². The van der Waals surface area contributed by atoms with Crippen LogP contribution in [0.1, 0.15) is 39.5 Å². The molecule has 1 unspecified atom stereocenters. The number of carbonyl (C=O) groups excluding carboxylic acids is 1. The lowest BCUT2D eigenvalue weighted by Gasteiger charge is -2.27. The molecule has 3 N–H and O–H groups in total. The van der Waals surface area contributed by atoms with Crippen molar-refractivity contribution >= 4 is 18.3 Å². The molecule has 1 atom stereocenters. The molecule has 0 spiro atoms. The van der Waals surface area contributed by atoms with Crippen LogP contribution in [0.2, 0.25) is 0 Å². The summed E-state index contributed by atoms with van der Waals surface area (Å²) in [5.74, 6) is 0.611. The minimum absolute atomic E-state index is 0. The Morgan fingerprint density at radius 2 is 1.95 bits per heavy atom. The maximum Gasteiger partial charge on any atom is 0.223 e. The molecule has 2 rings (SSSR count). The molecule has 1 saturated carbocycles. The maximum atomic E-state index is 12.0. The maximum absolute atomic E-state index is 12.0. The van der Waals surface area contributed by atoms with Crippen LogP contribution >= 0.6 is 12.4 Å². The van der Waals surface area contributed by atoms with Gasteiger partial charge in [0.05, 0.1) is 6.10 Å². The van der Waals surface area contributed by atoms with E-state index in [1.54, 1.807) is 0 Å². The van der Waals surface area contributed by atoms with Crippen molar-refractivity contribution in [1.82, 2.24) is 10.6 Å². The fourth-order valence-electron chi connectivity index (χ4n) is 2.94. The summed E-state index contributed by atoms with van der Waals surface area (Å²) in [4.78, 5) is 12.0. The van der Waals surface area contributed by atoms with Crippen LogP contribution in [-0.4, -0.2) is 36.8 Å². The van der Waals surface area contributed by atoms with Gasteiger partial charge in [-0.2, -0.15) is 0 Å². The second-order valence-electron chi connectivity index (χ2n) is 6.29. The van der Waals surface area contributed by atoms with Crippen molar-refractivity contribution in [1.29, 1.82) is 0 Å². The van der Waals surface area contributed by atoms with Gasteiger partial charge in [-0.3, -0.25) is 4.79 Å². The van der Waals surface area contributed by atoms with Gasteiger partial charge in [0.2, 0.25) is 5.91 Å². The molecular formula is C14H27ClN2O2. The first-order valence-electron chi connectivity index (χ1n) is 7.22. The third-order valence-corrected chi connectivity index (χ3v) is 4.48. The van der Waals surface area contributed by atoms with Crippen molar-refractivity contribution < 1.29 is 9.90 Å². The Morgan fingerprint density at radius 1 is 1.37 bits per heavy atom. The SMILES string of the molecule is CC(C)C(O)C1(CNC(=O)C2CCNCC2)CC1.Cl. The van der Waals surface area contributed by atoms with Crippen molar-refractivity contribution in [3.63, 3.8) is 0 Å². The van der Waals surface area contributed by atoms with E-state index in [0.717, 1.165) is 38.8 Å². The highest BCUT2D eigenvalue weighted by molar-refractivity contribution is 5.85. The van der Waals surface area contributed by atoms with E-state index in [4.69, 9.17) is 0 Å². The average Bonchev–Trinajstić information content (AvgIpc) is 3.17. The van der Waals surface area contributed by atoms with Crippen LogP contribution in [0.4, 0.5) is 0 Å². The molecule has 1 aliphatic heterocycles. The topological polar surface area (TPSA) is 61.4 Å². The number of rotatable bonds is 5. The summed E-state index contributed by atoms with van der Waals surface area (Å²) in [6.07, 6.45) is 3.67. The number of amides is 1. The Bertz CT molecular complexity index is 300. The number of halogens is 1. The molecule has 0 aromatic carbocycles. The Hall–Kier alpha value is -0.320. The smallest absolute Gasteiger partial charge is 0.223 e. The molecule has 112 valence electrons. The van der Waals surface area contributed by atoms with Crippen molar-refractivity contribution in [3.8, 4) is 0 Å². The number of nitrogens with one attached hydrogen (secondary N) is 2. The zero-order chi connectivity index (χ0) is 13.2. The lowest BCUT2D eigenvalue weighted by Crippen LogP contribution is -2.43. The molecule has 0 radical (unpaired) electrons. The summed E-state index contributed by atoms with van der Waals surface area (Å²) < 4.78 is 0. The third kappa shape index (κ3) is 4.07. The molecule has 1 aliphatic carbocycles. The van der Waals surface area contributed by atoms with Crippen LogP contribution in [-0.2, 0) is 4.79 Å². The quantitative estimate of drug-likeness (QED) is 0.716. The van der Waals surface area contributed by atoms with Gasteiger partial charge in [-0.1, -0.05) is 13.8 Å². The molecule has 5 heteroatoms. The largest absolute Gasteiger partial charge is 0.392 e. The lowest BCUT2D eigenvalue weighted by molar-refractivity contribution is -0.126. The van der Waals surface area contributed by atoms with Gasteiger partial charge in [0.25, 0.3) is 0 Å². The minimum Gasteiger partial charge on any atom is -0.392 e. The summed E-state index contributed by atoms with van der Waals surface area (Å²) in [6.45, 7) is 6.61. The molecular weight excluding hydrogens is 264 g/mol. The Morgan fingerprint density at radius 3 is 2.42 bits per heavy atom. The van der Waals surface area contributed by atoms with Crippen LogP contribution in [0.15, 0.2) is 0 Å². The lowest BCUT2D eigenvalue weighted by atomic mass is 9.89. The van der Waals surface area contributed by atoms with Gasteiger partial charge in [0, 0.05) is 17.9 Å². The van der Waals surface area contributed by atoms with E-state index >= 15 is 0 Å². The summed E-state index contributed by atoms with van der Waals surface area (Å²) in [6, 6.07) is 0.